The van der Waals surface area contributed by atoms with Gasteiger partial charge in [0.05, 0.1) is 0 Å². The van der Waals surface area contributed by atoms with Gasteiger partial charge in [-0.1, -0.05) is 20.8 Å². The summed E-state index contributed by atoms with van der Waals surface area (Å²) in [6.07, 6.45) is 0. The molecule has 0 heterocycles. The van der Waals surface area contributed by atoms with E-state index < -0.39 is 0 Å². The molecule has 0 aliphatic rings. The van der Waals surface area contributed by atoms with Crippen molar-refractivity contribution in [2.75, 3.05) is 0 Å². The van der Waals surface area contributed by atoms with Crippen LogP contribution in [0.2, 0.25) is 0 Å². The van der Waals surface area contributed by atoms with Crippen LogP contribution in [0.1, 0.15) is 16.7 Å². The second-order valence-electron chi connectivity index (χ2n) is 2.45. The average molecular weight is 223 g/mol. The van der Waals surface area contributed by atoms with Crippen LogP contribution in [-0.2, 0) is 0 Å². The number of halogens is 1. The second kappa shape index (κ2) is 6.03. The molecule has 0 spiro atoms. The van der Waals surface area contributed by atoms with E-state index in [1.807, 2.05) is 0 Å². The molecule has 0 aromatic heterocycles. The van der Waals surface area contributed by atoms with Gasteiger partial charge in [0.2, 0.25) is 0 Å². The third kappa shape index (κ3) is 4.14. The molecule has 1 aromatic carbocycles. The molecule has 2 heteroatoms. The van der Waals surface area contributed by atoms with Crippen molar-refractivity contribution >= 4 is 23.1 Å². The van der Waals surface area contributed by atoms with Crippen molar-refractivity contribution in [1.29, 1.82) is 0 Å². The molecule has 1 rings (SSSR count). The van der Waals surface area contributed by atoms with E-state index >= 15 is 0 Å². The van der Waals surface area contributed by atoms with Gasteiger partial charge in [-0.2, -0.15) is 34.9 Å². The molecule has 0 atom stereocenters. The van der Waals surface area contributed by atoms with Crippen LogP contribution < -0.4 is 17.0 Å². The molecule has 1 aromatic rings. The molecule has 0 amide bonds. The maximum absolute atomic E-state index is 3.24. The van der Waals surface area contributed by atoms with Crippen LogP contribution in [0.3, 0.4) is 0 Å². The maximum atomic E-state index is 3.24. The van der Waals surface area contributed by atoms with Crippen molar-refractivity contribution in [2.45, 2.75) is 20.8 Å². The maximum Gasteiger partial charge on any atom is 2.00 e. The smallest absolute Gasteiger partial charge is 1.00 e. The van der Waals surface area contributed by atoms with Crippen molar-refractivity contribution in [3.8, 4) is 0 Å². The van der Waals surface area contributed by atoms with Crippen LogP contribution in [0, 0.1) is 26.8 Å². The molecule has 0 unspecified atom stereocenters. The van der Waals surface area contributed by atoms with Crippen molar-refractivity contribution in [2.24, 2.45) is 0 Å². The van der Waals surface area contributed by atoms with Gasteiger partial charge in [0.1, 0.15) is 0 Å². The summed E-state index contributed by atoms with van der Waals surface area (Å²) in [6, 6.07) is 7.45. The van der Waals surface area contributed by atoms with E-state index in [4.69, 9.17) is 0 Å². The number of rotatable bonds is 0. The predicted octanol–water partition coefficient (Wildman–Crippen LogP) is -0.965. The van der Waals surface area contributed by atoms with E-state index in [1.54, 1.807) is 0 Å². The molecule has 0 N–H and O–H groups in total. The van der Waals surface area contributed by atoms with Gasteiger partial charge in [-0.15, -0.1) is 0 Å². The molecule has 0 aliphatic heterocycles. The summed E-state index contributed by atoms with van der Waals surface area (Å²) >= 11 is 0. The fourth-order valence-electron chi connectivity index (χ4n) is 0.811. The summed E-state index contributed by atoms with van der Waals surface area (Å²) in [7, 11) is 0. The Balaban J connectivity index is 0. The Bertz CT molecular complexity index is 221. The fraction of sp³-hybridized carbons (Fsp3) is 0.333. The van der Waals surface area contributed by atoms with Gasteiger partial charge in [0.25, 0.3) is 0 Å². The zero-order valence-electron chi connectivity index (χ0n) is 7.24. The average Bonchev–Trinajstić information content (AvgIpc) is 1.80. The zero-order chi connectivity index (χ0) is 6.85. The Hall–Kier alpha value is 0.466. The number of aryl methyl sites for hydroxylation is 3. The first kappa shape index (κ1) is 14.0. The molecule has 0 saturated heterocycles. The van der Waals surface area contributed by atoms with E-state index in [9.17, 15) is 0 Å². The van der Waals surface area contributed by atoms with Gasteiger partial charge in [0, 0.05) is 0 Å². The minimum absolute atomic E-state index is 0. The van der Waals surface area contributed by atoms with Crippen molar-refractivity contribution in [3.05, 3.63) is 34.9 Å². The third-order valence-electron chi connectivity index (χ3n) is 1.56. The molecule has 0 fully saturated rings. The van der Waals surface area contributed by atoms with Gasteiger partial charge in [-0.05, 0) is 0 Å². The first-order valence-corrected chi connectivity index (χ1v) is 3.16. The monoisotopic (exact) mass is 222 g/mol. The van der Waals surface area contributed by atoms with Crippen LogP contribution in [0.4, 0.5) is 0 Å². The Morgan fingerprint density at radius 3 is 2.00 bits per heavy atom. The molecule has 11 heavy (non-hydrogen) atoms. The summed E-state index contributed by atoms with van der Waals surface area (Å²) < 4.78 is 0. The summed E-state index contributed by atoms with van der Waals surface area (Å²) in [5.74, 6) is 0. The van der Waals surface area contributed by atoms with Gasteiger partial charge >= 0.3 is 23.1 Å². The molecule has 0 nitrogen and oxygen atoms in total. The van der Waals surface area contributed by atoms with Gasteiger partial charge in [0.15, 0.2) is 0 Å². The van der Waals surface area contributed by atoms with E-state index in [0.717, 1.165) is 0 Å². The largest absolute Gasteiger partial charge is 2.00 e. The van der Waals surface area contributed by atoms with Gasteiger partial charge in [-0.25, -0.2) is 0 Å². The van der Waals surface area contributed by atoms with Gasteiger partial charge < -0.3 is 17.0 Å². The predicted molar refractivity (Wildman–Crippen MR) is 45.2 cm³/mol. The first-order chi connectivity index (χ1) is 4.20. The molecular weight excluding hydrogens is 212 g/mol. The Labute approximate surface area is 95.3 Å². The van der Waals surface area contributed by atoms with Crippen LogP contribution in [0.25, 0.3) is 0 Å². The van der Waals surface area contributed by atoms with Crippen LogP contribution in [0.15, 0.2) is 12.1 Å². The molecule has 0 aliphatic carbocycles. The molecule has 0 radical (unpaired) electrons. The summed E-state index contributed by atoms with van der Waals surface area (Å²) in [6.45, 7) is 6.25. The van der Waals surface area contributed by atoms with Crippen LogP contribution in [-0.4, -0.2) is 23.1 Å². The van der Waals surface area contributed by atoms with Crippen molar-refractivity contribution < 1.29 is 17.0 Å². The Kier molecular flexibility index (Phi) is 7.69. The summed E-state index contributed by atoms with van der Waals surface area (Å²) in [5, 5.41) is 0. The van der Waals surface area contributed by atoms with Crippen LogP contribution >= 0.6 is 0 Å². The minimum atomic E-state index is 0. The minimum Gasteiger partial charge on any atom is -1.00 e. The molecular formula is C9H11BrMg. The summed E-state index contributed by atoms with van der Waals surface area (Å²) in [5.41, 5.74) is 3.80. The SMILES string of the molecule is Cc1[c-]c(C)c(C)cc1.[Br-].[Mg+2]. The molecule has 0 bridgehead atoms. The molecule has 0 saturated carbocycles. The quantitative estimate of drug-likeness (QED) is 0.392. The van der Waals surface area contributed by atoms with E-state index in [1.165, 1.54) is 16.7 Å². The Morgan fingerprint density at radius 2 is 1.64 bits per heavy atom. The second-order valence-corrected chi connectivity index (χ2v) is 2.45. The van der Waals surface area contributed by atoms with E-state index in [0.29, 0.717) is 0 Å². The zero-order valence-corrected chi connectivity index (χ0v) is 10.2. The van der Waals surface area contributed by atoms with E-state index in [2.05, 4.69) is 39.0 Å². The fourth-order valence-corrected chi connectivity index (χ4v) is 0.811. The van der Waals surface area contributed by atoms with Gasteiger partial charge in [-0.3, -0.25) is 0 Å². The van der Waals surface area contributed by atoms with Crippen molar-refractivity contribution in [3.63, 3.8) is 0 Å². The standard InChI is InChI=1S/C9H11.BrH.Mg/c1-7-4-5-8(2)9(3)6-7;;/h4-5H,1-3H3;1H;/q-1;;+2/p-1. The van der Waals surface area contributed by atoms with Crippen molar-refractivity contribution in [1.82, 2.24) is 0 Å². The third-order valence-corrected chi connectivity index (χ3v) is 1.56. The summed E-state index contributed by atoms with van der Waals surface area (Å²) in [4.78, 5) is 0. The number of benzene rings is 1. The number of hydrogen-bond donors (Lipinski definition) is 0. The molecule has 56 valence electrons. The normalized spacial score (nSPS) is 7.91. The topological polar surface area (TPSA) is 0 Å². The van der Waals surface area contributed by atoms with E-state index in [-0.39, 0.29) is 40.0 Å². The van der Waals surface area contributed by atoms with Crippen LogP contribution in [0.5, 0.6) is 0 Å². The first-order valence-electron chi connectivity index (χ1n) is 3.16. The number of hydrogen-bond acceptors (Lipinski definition) is 0. The Morgan fingerprint density at radius 1 is 1.09 bits per heavy atom.